The molecule has 0 bridgehead atoms. The van der Waals surface area contributed by atoms with Gasteiger partial charge in [0, 0.05) is 29.3 Å². The van der Waals surface area contributed by atoms with Crippen LogP contribution in [0.3, 0.4) is 0 Å². The average Bonchev–Trinajstić information content (AvgIpc) is 2.72. The lowest BCUT2D eigenvalue weighted by Gasteiger charge is -2.42. The van der Waals surface area contributed by atoms with Crippen molar-refractivity contribution < 1.29 is 4.74 Å². The maximum atomic E-state index is 7.37. The molecule has 2 heterocycles. The smallest absolute Gasteiger partial charge is 0.196 e. The minimum Gasteiger partial charge on any atom is -0.381 e. The molecule has 2 aromatic carbocycles. The molecule has 0 atom stereocenters. The number of hydrogen-bond donors (Lipinski definition) is 1. The van der Waals surface area contributed by atoms with Gasteiger partial charge in [-0.1, -0.05) is 29.8 Å². The minimum absolute atomic E-state index is 0.122. The second-order valence-corrected chi connectivity index (χ2v) is 7.65. The largest absolute Gasteiger partial charge is 0.381 e. The van der Waals surface area contributed by atoms with Crippen molar-refractivity contribution in [3.63, 3.8) is 0 Å². The van der Waals surface area contributed by atoms with E-state index in [4.69, 9.17) is 34.5 Å². The number of aliphatic imine (C=N–C) groups is 1. The van der Waals surface area contributed by atoms with Crippen molar-refractivity contribution in [2.75, 3.05) is 18.5 Å². The first-order chi connectivity index (χ1) is 13.6. The Hall–Kier alpha value is -2.86. The highest BCUT2D eigenvalue weighted by Gasteiger charge is 2.41. The number of ether oxygens (including phenoxy) is 1. The Morgan fingerprint density at radius 2 is 1.86 bits per heavy atom. The third-order valence-corrected chi connectivity index (χ3v) is 5.72. The fourth-order valence-electron chi connectivity index (χ4n) is 3.96. The number of nitrogens with zero attached hydrogens (tertiary/aromatic N) is 3. The van der Waals surface area contributed by atoms with E-state index in [-0.39, 0.29) is 5.41 Å². The fraction of sp³-hybridized carbons (Fsp3) is 0.318. The summed E-state index contributed by atoms with van der Waals surface area (Å²) >= 11 is 6.10. The highest BCUT2D eigenvalue weighted by atomic mass is 35.5. The van der Waals surface area contributed by atoms with E-state index in [9.17, 15) is 0 Å². The number of rotatable bonds is 2. The fourth-order valence-corrected chi connectivity index (χ4v) is 4.17. The molecule has 1 fully saturated rings. The highest BCUT2D eigenvalue weighted by Crippen LogP contribution is 2.45. The summed E-state index contributed by atoms with van der Waals surface area (Å²) in [7, 11) is 0. The molecule has 0 aliphatic carbocycles. The monoisotopic (exact) mass is 390 g/mol. The van der Waals surface area contributed by atoms with Crippen molar-refractivity contribution in [3.8, 4) is 0 Å². The van der Waals surface area contributed by atoms with E-state index in [0.717, 1.165) is 41.9 Å². The third kappa shape index (κ3) is 3.47. The van der Waals surface area contributed by atoms with E-state index in [1.807, 2.05) is 30.3 Å². The van der Waals surface area contributed by atoms with Crippen LogP contribution in [0.25, 0.3) is 9.69 Å². The lowest BCUT2D eigenvalue weighted by Crippen LogP contribution is -2.45. The predicted molar refractivity (Wildman–Crippen MR) is 111 cm³/mol. The van der Waals surface area contributed by atoms with Gasteiger partial charge in [-0.25, -0.2) is 0 Å². The normalized spacial score (nSPS) is 18.8. The average molecular weight is 391 g/mol. The van der Waals surface area contributed by atoms with Crippen LogP contribution in [-0.4, -0.2) is 19.0 Å². The van der Waals surface area contributed by atoms with Gasteiger partial charge in [0.1, 0.15) is 5.84 Å². The standard InChI is InChI=1S/C22H19ClN4O/c1-24-19-11-16-13-22(6-8-28-9-7-22)21(27-18(16)12-20(19)25-2)26-14-15-4-3-5-17(23)10-15/h3-5,10-12H,6-9,13-14H2,(H,26,27). The van der Waals surface area contributed by atoms with Crippen LogP contribution in [0.1, 0.15) is 24.0 Å². The zero-order valence-corrected chi connectivity index (χ0v) is 16.1. The Morgan fingerprint density at radius 1 is 1.11 bits per heavy atom. The van der Waals surface area contributed by atoms with Crippen molar-refractivity contribution in [1.82, 2.24) is 0 Å². The van der Waals surface area contributed by atoms with E-state index in [1.54, 1.807) is 6.07 Å². The van der Waals surface area contributed by atoms with Crippen LogP contribution in [0.15, 0.2) is 41.4 Å². The molecule has 1 N–H and O–H groups in total. The number of halogens is 1. The van der Waals surface area contributed by atoms with Gasteiger partial charge >= 0.3 is 0 Å². The van der Waals surface area contributed by atoms with Gasteiger partial charge in [0.2, 0.25) is 0 Å². The first-order valence-corrected chi connectivity index (χ1v) is 9.57. The van der Waals surface area contributed by atoms with Crippen LogP contribution in [0.5, 0.6) is 0 Å². The molecular formula is C22H19ClN4O. The zero-order chi connectivity index (χ0) is 19.6. The summed E-state index contributed by atoms with van der Waals surface area (Å²) in [5.41, 5.74) is 3.67. The maximum absolute atomic E-state index is 7.37. The van der Waals surface area contributed by atoms with Gasteiger partial charge in [0.05, 0.1) is 19.7 Å². The molecule has 1 saturated heterocycles. The van der Waals surface area contributed by atoms with E-state index in [0.29, 0.717) is 36.2 Å². The molecule has 2 aliphatic heterocycles. The van der Waals surface area contributed by atoms with Gasteiger partial charge in [-0.3, -0.25) is 14.7 Å². The Bertz CT molecular complexity index is 1030. The second kappa shape index (κ2) is 7.64. The molecule has 0 amide bonds. The van der Waals surface area contributed by atoms with Crippen LogP contribution in [0.2, 0.25) is 5.02 Å². The summed E-state index contributed by atoms with van der Waals surface area (Å²) in [6.07, 6.45) is 2.56. The molecule has 0 aromatic heterocycles. The molecule has 5 nitrogen and oxygen atoms in total. The van der Waals surface area contributed by atoms with Crippen molar-refractivity contribution in [2.45, 2.75) is 25.8 Å². The summed E-state index contributed by atoms with van der Waals surface area (Å²) in [6, 6.07) is 11.4. The Morgan fingerprint density at radius 3 is 2.57 bits per heavy atom. The molecule has 0 unspecified atom stereocenters. The molecule has 4 rings (SSSR count). The molecule has 2 aliphatic rings. The third-order valence-electron chi connectivity index (χ3n) is 5.48. The first kappa shape index (κ1) is 18.5. The molecule has 2 aromatic rings. The van der Waals surface area contributed by atoms with Crippen LogP contribution in [-0.2, 0) is 17.7 Å². The van der Waals surface area contributed by atoms with Gasteiger partial charge in [-0.15, -0.1) is 0 Å². The lowest BCUT2D eigenvalue weighted by atomic mass is 9.71. The van der Waals surface area contributed by atoms with E-state index < -0.39 is 0 Å². The van der Waals surface area contributed by atoms with Crippen molar-refractivity contribution in [3.05, 3.63) is 75.4 Å². The SMILES string of the molecule is [C-]#[N+]c1cc2c(cc1[N+]#[C-])NC(=NCc1cccc(Cl)c1)C1(CCOCC1)C2. The Balaban J connectivity index is 1.73. The molecule has 1 spiro atoms. The number of fused-ring (bicyclic) bond motifs is 1. The highest BCUT2D eigenvalue weighted by molar-refractivity contribution is 6.30. The quantitative estimate of drug-likeness (QED) is 0.658. The Labute approximate surface area is 169 Å². The van der Waals surface area contributed by atoms with Crippen LogP contribution < -0.4 is 5.32 Å². The van der Waals surface area contributed by atoms with Gasteiger partial charge in [0.25, 0.3) is 0 Å². The van der Waals surface area contributed by atoms with E-state index in [2.05, 4.69) is 15.0 Å². The number of amidine groups is 1. The first-order valence-electron chi connectivity index (χ1n) is 9.19. The van der Waals surface area contributed by atoms with Crippen LogP contribution in [0.4, 0.5) is 17.1 Å². The van der Waals surface area contributed by atoms with Crippen molar-refractivity contribution in [1.29, 1.82) is 0 Å². The summed E-state index contributed by atoms with van der Waals surface area (Å²) < 4.78 is 5.60. The van der Waals surface area contributed by atoms with E-state index in [1.165, 1.54) is 0 Å². The number of hydrogen-bond acceptors (Lipinski definition) is 2. The van der Waals surface area contributed by atoms with Gasteiger partial charge in [-0.05, 0) is 48.6 Å². The van der Waals surface area contributed by atoms with Gasteiger partial charge in [0.15, 0.2) is 11.4 Å². The number of benzene rings is 2. The zero-order valence-electron chi connectivity index (χ0n) is 15.3. The van der Waals surface area contributed by atoms with Crippen molar-refractivity contribution in [2.24, 2.45) is 10.4 Å². The predicted octanol–water partition coefficient (Wildman–Crippen LogP) is 5.81. The molecule has 0 saturated carbocycles. The Kier molecular flexibility index (Phi) is 5.05. The summed E-state index contributed by atoms with van der Waals surface area (Å²) in [4.78, 5) is 12.0. The number of nitrogens with one attached hydrogen (secondary N) is 1. The lowest BCUT2D eigenvalue weighted by molar-refractivity contribution is 0.0449. The van der Waals surface area contributed by atoms with Crippen LogP contribution in [0, 0.1) is 18.6 Å². The molecule has 28 heavy (non-hydrogen) atoms. The molecule has 6 heteroatoms. The van der Waals surface area contributed by atoms with Crippen LogP contribution >= 0.6 is 11.6 Å². The summed E-state index contributed by atoms with van der Waals surface area (Å²) in [5, 5.41) is 4.19. The van der Waals surface area contributed by atoms with Crippen molar-refractivity contribution >= 4 is 34.5 Å². The van der Waals surface area contributed by atoms with E-state index >= 15 is 0 Å². The minimum atomic E-state index is -0.122. The summed E-state index contributed by atoms with van der Waals surface area (Å²) in [6.45, 7) is 16.7. The molecule has 0 radical (unpaired) electrons. The maximum Gasteiger partial charge on any atom is 0.196 e. The molecular weight excluding hydrogens is 372 g/mol. The number of anilines is 1. The topological polar surface area (TPSA) is 42.3 Å². The van der Waals surface area contributed by atoms with Gasteiger partial charge in [-0.2, -0.15) is 0 Å². The molecule has 140 valence electrons. The second-order valence-electron chi connectivity index (χ2n) is 7.21. The van der Waals surface area contributed by atoms with Gasteiger partial charge < -0.3 is 10.1 Å². The summed E-state index contributed by atoms with van der Waals surface area (Å²) in [5.74, 6) is 0.940.